The number of nitrogens with zero attached hydrogens (tertiary/aromatic N) is 1. The summed E-state index contributed by atoms with van der Waals surface area (Å²) < 4.78 is 16.5. The molecule has 4 N–H and O–H groups in total. The lowest BCUT2D eigenvalue weighted by atomic mass is 9.98. The van der Waals surface area contributed by atoms with Gasteiger partial charge in [-0.05, 0) is 49.2 Å². The third-order valence-electron chi connectivity index (χ3n) is 5.52. The number of aliphatic hydroxyl groups is 1. The number of amides is 2. The fraction of sp³-hybridized carbons (Fsp3) is 0.333. The molecular weight excluding hydrogens is 426 g/mol. The van der Waals surface area contributed by atoms with Crippen LogP contribution >= 0.6 is 0 Å². The monoisotopic (exact) mass is 453 g/mol. The van der Waals surface area contributed by atoms with Crippen molar-refractivity contribution in [2.45, 2.75) is 37.6 Å². The van der Waals surface area contributed by atoms with Gasteiger partial charge in [0.05, 0.1) is 25.0 Å². The van der Waals surface area contributed by atoms with Gasteiger partial charge in [0.1, 0.15) is 17.6 Å². The molecule has 0 saturated carbocycles. The molecule has 3 atom stereocenters. The highest BCUT2D eigenvalue weighted by molar-refractivity contribution is 5.89. The molecule has 4 rings (SSSR count). The molecular formula is C24H27N3O6. The van der Waals surface area contributed by atoms with Crippen LogP contribution in [0.25, 0.3) is 11.3 Å². The molecule has 1 aliphatic heterocycles. The smallest absolute Gasteiger partial charge is 0.319 e. The first-order valence-electron chi connectivity index (χ1n) is 10.8. The lowest BCUT2D eigenvalue weighted by Gasteiger charge is -2.33. The first-order valence-corrected chi connectivity index (χ1v) is 10.8. The Morgan fingerprint density at radius 3 is 2.76 bits per heavy atom. The Morgan fingerprint density at radius 1 is 1.18 bits per heavy atom. The molecule has 1 aromatic heterocycles. The van der Waals surface area contributed by atoms with Gasteiger partial charge in [-0.2, -0.15) is 0 Å². The van der Waals surface area contributed by atoms with E-state index in [1.54, 1.807) is 49.6 Å². The van der Waals surface area contributed by atoms with E-state index in [-0.39, 0.29) is 24.4 Å². The standard InChI is InChI=1S/C24H27N3O6/c1-31-19-7-5-16(6-8-19)26-24(30)25-14-23-21(29)10-9-20(32-23)12-17-13-22(33-27-17)15-3-2-4-18(28)11-15/h2-8,11,13,20-21,23,28-29H,9-10,12,14H2,1H3,(H2,25,26,30)/t20-,21-,23+/m0/s1. The Balaban J connectivity index is 1.28. The molecule has 9 nitrogen and oxygen atoms in total. The fourth-order valence-corrected chi connectivity index (χ4v) is 3.76. The van der Waals surface area contributed by atoms with Crippen LogP contribution < -0.4 is 15.4 Å². The third kappa shape index (κ3) is 6.03. The van der Waals surface area contributed by atoms with Gasteiger partial charge in [-0.25, -0.2) is 4.79 Å². The summed E-state index contributed by atoms with van der Waals surface area (Å²) in [4.78, 5) is 12.2. The molecule has 1 aliphatic rings. The van der Waals surface area contributed by atoms with Gasteiger partial charge in [0, 0.05) is 30.3 Å². The number of phenolic OH excluding ortho intramolecular Hbond substituents is 1. The van der Waals surface area contributed by atoms with E-state index in [0.717, 1.165) is 11.3 Å². The topological polar surface area (TPSA) is 126 Å². The lowest BCUT2D eigenvalue weighted by Crippen LogP contribution is -2.47. The second-order valence-corrected chi connectivity index (χ2v) is 7.94. The van der Waals surface area contributed by atoms with Crippen molar-refractivity contribution in [1.82, 2.24) is 10.5 Å². The van der Waals surface area contributed by atoms with E-state index in [1.807, 2.05) is 12.1 Å². The van der Waals surface area contributed by atoms with Gasteiger partial charge in [0.25, 0.3) is 0 Å². The summed E-state index contributed by atoms with van der Waals surface area (Å²) in [6.45, 7) is 0.174. The molecule has 0 aliphatic carbocycles. The molecule has 0 bridgehead atoms. The number of aromatic hydroxyl groups is 1. The summed E-state index contributed by atoms with van der Waals surface area (Å²) >= 11 is 0. The summed E-state index contributed by atoms with van der Waals surface area (Å²) in [6, 6.07) is 15.2. The molecule has 9 heteroatoms. The van der Waals surface area contributed by atoms with Crippen LogP contribution in [0.2, 0.25) is 0 Å². The van der Waals surface area contributed by atoms with Crippen molar-refractivity contribution in [2.24, 2.45) is 0 Å². The number of methoxy groups -OCH3 is 1. The highest BCUT2D eigenvalue weighted by atomic mass is 16.5. The number of nitrogens with one attached hydrogen (secondary N) is 2. The van der Waals surface area contributed by atoms with E-state index in [4.69, 9.17) is 14.0 Å². The normalized spacial score (nSPS) is 20.2. The molecule has 3 aromatic rings. The zero-order valence-corrected chi connectivity index (χ0v) is 18.2. The van der Waals surface area contributed by atoms with Gasteiger partial charge in [0.2, 0.25) is 0 Å². The fourth-order valence-electron chi connectivity index (χ4n) is 3.76. The minimum absolute atomic E-state index is 0.154. The second-order valence-electron chi connectivity index (χ2n) is 7.94. The number of aromatic nitrogens is 1. The number of ether oxygens (including phenoxy) is 2. The van der Waals surface area contributed by atoms with Gasteiger partial charge >= 0.3 is 6.03 Å². The molecule has 1 saturated heterocycles. The predicted molar refractivity (Wildman–Crippen MR) is 121 cm³/mol. The summed E-state index contributed by atoms with van der Waals surface area (Å²) in [5.41, 5.74) is 2.09. The third-order valence-corrected chi connectivity index (χ3v) is 5.52. The molecule has 1 fully saturated rings. The van der Waals surface area contributed by atoms with Crippen LogP contribution in [0.5, 0.6) is 11.5 Å². The van der Waals surface area contributed by atoms with E-state index < -0.39 is 12.2 Å². The maximum Gasteiger partial charge on any atom is 0.319 e. The van der Waals surface area contributed by atoms with Crippen LogP contribution in [0.1, 0.15) is 18.5 Å². The molecule has 0 spiro atoms. The number of rotatable bonds is 7. The number of urea groups is 1. The van der Waals surface area contributed by atoms with Crippen molar-refractivity contribution in [3.05, 3.63) is 60.3 Å². The van der Waals surface area contributed by atoms with Crippen LogP contribution in [0.4, 0.5) is 10.5 Å². The first-order chi connectivity index (χ1) is 16.0. The second kappa shape index (κ2) is 10.4. The average molecular weight is 453 g/mol. The van der Waals surface area contributed by atoms with Gasteiger partial charge in [-0.1, -0.05) is 17.3 Å². The SMILES string of the molecule is COc1ccc(NC(=O)NC[C@H]2O[C@H](Cc3cc(-c4cccc(O)c4)on3)CC[C@@H]2O)cc1. The van der Waals surface area contributed by atoms with Crippen molar-refractivity contribution in [1.29, 1.82) is 0 Å². The highest BCUT2D eigenvalue weighted by Crippen LogP contribution is 2.26. The van der Waals surface area contributed by atoms with Crippen molar-refractivity contribution in [3.63, 3.8) is 0 Å². The quantitative estimate of drug-likeness (QED) is 0.432. The lowest BCUT2D eigenvalue weighted by molar-refractivity contribution is -0.113. The summed E-state index contributed by atoms with van der Waals surface area (Å²) in [6.07, 6.45) is 0.402. The van der Waals surface area contributed by atoms with E-state index in [0.29, 0.717) is 36.5 Å². The summed E-state index contributed by atoms with van der Waals surface area (Å²) in [7, 11) is 1.58. The average Bonchev–Trinajstić information content (AvgIpc) is 3.28. The minimum Gasteiger partial charge on any atom is -0.508 e. The Bertz CT molecular complexity index is 1070. The van der Waals surface area contributed by atoms with Gasteiger partial charge < -0.3 is 34.8 Å². The predicted octanol–water partition coefficient (Wildman–Crippen LogP) is 3.33. The van der Waals surface area contributed by atoms with E-state index in [1.165, 1.54) is 0 Å². The minimum atomic E-state index is -0.664. The van der Waals surface area contributed by atoms with Crippen LogP contribution in [-0.4, -0.2) is 53.4 Å². The molecule has 2 aromatic carbocycles. The Morgan fingerprint density at radius 2 is 2.00 bits per heavy atom. The maximum atomic E-state index is 12.2. The largest absolute Gasteiger partial charge is 0.508 e. The molecule has 33 heavy (non-hydrogen) atoms. The van der Waals surface area contributed by atoms with Crippen molar-refractivity contribution in [2.75, 3.05) is 19.0 Å². The van der Waals surface area contributed by atoms with Crippen LogP contribution in [0.3, 0.4) is 0 Å². The summed E-state index contributed by atoms with van der Waals surface area (Å²) in [5.74, 6) is 1.42. The molecule has 0 unspecified atom stereocenters. The Kier molecular flexibility index (Phi) is 7.11. The summed E-state index contributed by atoms with van der Waals surface area (Å²) in [5, 5.41) is 29.6. The van der Waals surface area contributed by atoms with E-state index in [2.05, 4.69) is 15.8 Å². The number of hydrogen-bond acceptors (Lipinski definition) is 7. The molecule has 0 radical (unpaired) electrons. The maximum absolute atomic E-state index is 12.2. The van der Waals surface area contributed by atoms with Crippen LogP contribution in [-0.2, 0) is 11.2 Å². The highest BCUT2D eigenvalue weighted by Gasteiger charge is 2.31. The zero-order valence-electron chi connectivity index (χ0n) is 18.2. The number of benzene rings is 2. The number of phenols is 1. The van der Waals surface area contributed by atoms with E-state index >= 15 is 0 Å². The van der Waals surface area contributed by atoms with Crippen LogP contribution in [0.15, 0.2) is 59.1 Å². The van der Waals surface area contributed by atoms with Crippen molar-refractivity contribution in [3.8, 4) is 22.8 Å². The van der Waals surface area contributed by atoms with E-state index in [9.17, 15) is 15.0 Å². The number of carbonyl (C=O) groups is 1. The number of anilines is 1. The molecule has 2 heterocycles. The van der Waals surface area contributed by atoms with Gasteiger partial charge in [-0.15, -0.1) is 0 Å². The Labute approximate surface area is 191 Å². The molecule has 174 valence electrons. The van der Waals surface area contributed by atoms with Gasteiger partial charge in [-0.3, -0.25) is 0 Å². The first kappa shape index (κ1) is 22.6. The zero-order chi connectivity index (χ0) is 23.2. The van der Waals surface area contributed by atoms with Gasteiger partial charge in [0.15, 0.2) is 5.76 Å². The number of aliphatic hydroxyl groups excluding tert-OH is 1. The Hall–Kier alpha value is -3.56. The van der Waals surface area contributed by atoms with Crippen molar-refractivity contribution < 1.29 is 29.0 Å². The van der Waals surface area contributed by atoms with Crippen LogP contribution in [0, 0.1) is 0 Å². The number of hydrogen-bond donors (Lipinski definition) is 4. The number of carbonyl (C=O) groups excluding carboxylic acids is 1. The molecule has 2 amide bonds. The van der Waals surface area contributed by atoms with Crippen molar-refractivity contribution >= 4 is 11.7 Å².